The van der Waals surface area contributed by atoms with E-state index in [1.54, 1.807) is 0 Å². The van der Waals surface area contributed by atoms with Gasteiger partial charge in [-0.15, -0.1) is 0 Å². The summed E-state index contributed by atoms with van der Waals surface area (Å²) in [6, 6.07) is -0.00580. The highest BCUT2D eigenvalue weighted by atomic mass is 16.2. The van der Waals surface area contributed by atoms with Crippen LogP contribution in [0.2, 0.25) is 0 Å². The van der Waals surface area contributed by atoms with Crippen molar-refractivity contribution in [3.8, 4) is 0 Å². The van der Waals surface area contributed by atoms with Gasteiger partial charge in [-0.2, -0.15) is 0 Å². The van der Waals surface area contributed by atoms with Crippen molar-refractivity contribution in [3.05, 3.63) is 46.8 Å². The molecule has 0 aliphatic heterocycles. The summed E-state index contributed by atoms with van der Waals surface area (Å²) in [7, 11) is 0. The van der Waals surface area contributed by atoms with Crippen LogP contribution in [0.25, 0.3) is 0 Å². The molecule has 1 unspecified atom stereocenters. The Bertz CT molecular complexity index is 690. The average Bonchev–Trinajstić information content (AvgIpc) is 3.04. The molecule has 2 N–H and O–H groups in total. The molecule has 0 aromatic carbocycles. The molecule has 1 atom stereocenters. The van der Waals surface area contributed by atoms with E-state index >= 15 is 0 Å². The number of carbonyl (C=O) groups excluding carboxylic acids is 1. The number of allylic oxidation sites excluding steroid dienone is 2. The Hall–Kier alpha value is -2.10. The maximum absolute atomic E-state index is 12.5. The smallest absolute Gasteiger partial charge is 0.319 e. The monoisotopic (exact) mass is 309 g/mol. The lowest BCUT2D eigenvalue weighted by Gasteiger charge is -2.23. The summed E-state index contributed by atoms with van der Waals surface area (Å²) in [4.78, 5) is 17.4. The standard InChI is InChI=1S/C19H23N3O/c23-19(20-13-7-2-1-3-8-13)22-18-14-9-4-5-11-16(14)21-17-12-6-10-15(17)18/h1-3,7,13H,4-6,8-12H2,(H2,20,21,22,23). The maximum Gasteiger partial charge on any atom is 0.319 e. The van der Waals surface area contributed by atoms with Crippen LogP contribution in [-0.4, -0.2) is 17.1 Å². The predicted molar refractivity (Wildman–Crippen MR) is 91.7 cm³/mol. The molecule has 0 saturated heterocycles. The van der Waals surface area contributed by atoms with Crippen LogP contribution in [0.4, 0.5) is 10.5 Å². The molecular formula is C19H23N3O. The first-order valence-corrected chi connectivity index (χ1v) is 8.75. The number of pyridine rings is 1. The molecule has 1 aromatic rings. The number of amides is 2. The molecular weight excluding hydrogens is 286 g/mol. The number of rotatable bonds is 2. The van der Waals surface area contributed by atoms with Crippen molar-refractivity contribution in [2.24, 2.45) is 0 Å². The highest BCUT2D eigenvalue weighted by molar-refractivity contribution is 5.92. The topological polar surface area (TPSA) is 54.0 Å². The minimum absolute atomic E-state index is 0.0886. The van der Waals surface area contributed by atoms with Gasteiger partial charge in [0.25, 0.3) is 0 Å². The third kappa shape index (κ3) is 2.90. The number of nitrogens with zero attached hydrogens (tertiary/aromatic N) is 1. The number of aryl methyl sites for hydroxylation is 2. The van der Waals surface area contributed by atoms with E-state index < -0.39 is 0 Å². The molecule has 4 nitrogen and oxygen atoms in total. The Balaban J connectivity index is 1.58. The van der Waals surface area contributed by atoms with Gasteiger partial charge in [0, 0.05) is 11.4 Å². The minimum atomic E-state index is -0.0944. The van der Waals surface area contributed by atoms with Gasteiger partial charge in [-0.1, -0.05) is 24.3 Å². The number of aromatic nitrogens is 1. The largest absolute Gasteiger partial charge is 0.331 e. The number of hydrogen-bond donors (Lipinski definition) is 2. The Morgan fingerprint density at radius 3 is 2.52 bits per heavy atom. The van der Waals surface area contributed by atoms with Crippen LogP contribution in [0, 0.1) is 0 Å². The maximum atomic E-state index is 12.5. The molecule has 2 amide bonds. The normalized spacial score (nSPS) is 21.7. The first kappa shape index (κ1) is 14.5. The zero-order valence-corrected chi connectivity index (χ0v) is 13.4. The Morgan fingerprint density at radius 1 is 1.00 bits per heavy atom. The van der Waals surface area contributed by atoms with Crippen molar-refractivity contribution >= 4 is 11.7 Å². The van der Waals surface area contributed by atoms with Gasteiger partial charge < -0.3 is 10.6 Å². The second-order valence-electron chi connectivity index (χ2n) is 6.65. The van der Waals surface area contributed by atoms with Gasteiger partial charge in [-0.3, -0.25) is 4.98 Å². The van der Waals surface area contributed by atoms with Crippen molar-refractivity contribution in [1.82, 2.24) is 10.3 Å². The van der Waals surface area contributed by atoms with E-state index in [2.05, 4.69) is 16.7 Å². The molecule has 4 rings (SSSR count). The van der Waals surface area contributed by atoms with Crippen LogP contribution in [0.3, 0.4) is 0 Å². The van der Waals surface area contributed by atoms with E-state index in [1.807, 2.05) is 18.2 Å². The molecule has 0 bridgehead atoms. The molecule has 0 radical (unpaired) electrons. The predicted octanol–water partition coefficient (Wildman–Crippen LogP) is 3.46. The van der Waals surface area contributed by atoms with Crippen LogP contribution in [0.15, 0.2) is 24.3 Å². The van der Waals surface area contributed by atoms with Crippen LogP contribution in [-0.2, 0) is 25.7 Å². The highest BCUT2D eigenvalue weighted by Crippen LogP contribution is 2.35. The molecule has 4 heteroatoms. The van der Waals surface area contributed by atoms with Crippen LogP contribution in [0.5, 0.6) is 0 Å². The number of hydrogen-bond acceptors (Lipinski definition) is 2. The van der Waals surface area contributed by atoms with Crippen LogP contribution in [0.1, 0.15) is 48.2 Å². The fourth-order valence-electron chi connectivity index (χ4n) is 3.90. The minimum Gasteiger partial charge on any atom is -0.331 e. The van der Waals surface area contributed by atoms with E-state index in [0.717, 1.165) is 44.2 Å². The van der Waals surface area contributed by atoms with Gasteiger partial charge in [0.2, 0.25) is 0 Å². The zero-order valence-electron chi connectivity index (χ0n) is 13.4. The van der Waals surface area contributed by atoms with Crippen molar-refractivity contribution in [2.45, 2.75) is 57.4 Å². The van der Waals surface area contributed by atoms with Crippen molar-refractivity contribution < 1.29 is 4.79 Å². The van der Waals surface area contributed by atoms with Crippen LogP contribution < -0.4 is 10.6 Å². The molecule has 3 aliphatic carbocycles. The lowest BCUT2D eigenvalue weighted by molar-refractivity contribution is 0.250. The number of fused-ring (bicyclic) bond motifs is 2. The number of carbonyl (C=O) groups is 1. The second-order valence-corrected chi connectivity index (χ2v) is 6.65. The van der Waals surface area contributed by atoms with Crippen LogP contribution >= 0.6 is 0 Å². The van der Waals surface area contributed by atoms with E-state index in [4.69, 9.17) is 4.98 Å². The Morgan fingerprint density at radius 2 is 1.74 bits per heavy atom. The molecule has 1 aromatic heterocycles. The molecule has 0 spiro atoms. The fraction of sp³-hybridized carbons (Fsp3) is 0.474. The Kier molecular flexibility index (Phi) is 3.90. The van der Waals surface area contributed by atoms with E-state index in [9.17, 15) is 4.79 Å². The molecule has 1 heterocycles. The van der Waals surface area contributed by atoms with E-state index in [1.165, 1.54) is 35.4 Å². The summed E-state index contributed by atoms with van der Waals surface area (Å²) < 4.78 is 0. The molecule has 120 valence electrons. The summed E-state index contributed by atoms with van der Waals surface area (Å²) in [6.45, 7) is 0. The zero-order chi connectivity index (χ0) is 15.6. The molecule has 23 heavy (non-hydrogen) atoms. The first-order chi connectivity index (χ1) is 11.3. The van der Waals surface area contributed by atoms with Crippen molar-refractivity contribution in [2.75, 3.05) is 5.32 Å². The summed E-state index contributed by atoms with van der Waals surface area (Å²) in [5.41, 5.74) is 6.05. The SMILES string of the molecule is O=C(Nc1c2c(nc3c1CCC3)CCCC2)NC1C=CC=CC1. The molecule has 0 saturated carbocycles. The summed E-state index contributed by atoms with van der Waals surface area (Å²) in [5.74, 6) is 0. The van der Waals surface area contributed by atoms with Gasteiger partial charge in [0.15, 0.2) is 0 Å². The third-order valence-electron chi connectivity index (χ3n) is 5.04. The lowest BCUT2D eigenvalue weighted by Crippen LogP contribution is -2.37. The summed E-state index contributed by atoms with van der Waals surface area (Å²) >= 11 is 0. The number of anilines is 1. The second kappa shape index (κ2) is 6.19. The summed E-state index contributed by atoms with van der Waals surface area (Å²) in [6.07, 6.45) is 16.7. The fourth-order valence-corrected chi connectivity index (χ4v) is 3.90. The number of urea groups is 1. The molecule has 3 aliphatic rings. The highest BCUT2D eigenvalue weighted by Gasteiger charge is 2.25. The summed E-state index contributed by atoms with van der Waals surface area (Å²) in [5, 5.41) is 6.23. The average molecular weight is 309 g/mol. The first-order valence-electron chi connectivity index (χ1n) is 8.75. The van der Waals surface area contributed by atoms with E-state index in [-0.39, 0.29) is 12.1 Å². The quantitative estimate of drug-likeness (QED) is 0.879. The van der Waals surface area contributed by atoms with Crippen molar-refractivity contribution in [1.29, 1.82) is 0 Å². The van der Waals surface area contributed by atoms with Gasteiger partial charge in [-0.05, 0) is 62.5 Å². The lowest BCUT2D eigenvalue weighted by atomic mass is 9.92. The van der Waals surface area contributed by atoms with Gasteiger partial charge >= 0.3 is 6.03 Å². The Labute approximate surface area is 137 Å². The van der Waals surface area contributed by atoms with Gasteiger partial charge in [-0.25, -0.2) is 4.79 Å². The molecule has 0 fully saturated rings. The third-order valence-corrected chi connectivity index (χ3v) is 5.04. The van der Waals surface area contributed by atoms with Crippen molar-refractivity contribution in [3.63, 3.8) is 0 Å². The van der Waals surface area contributed by atoms with E-state index in [0.29, 0.717) is 0 Å². The number of nitrogens with one attached hydrogen (secondary N) is 2. The van der Waals surface area contributed by atoms with Gasteiger partial charge in [0.1, 0.15) is 0 Å². The van der Waals surface area contributed by atoms with Gasteiger partial charge in [0.05, 0.1) is 11.7 Å².